The third kappa shape index (κ3) is 8.34. The number of rotatable bonds is 9. The number of phosphoric acid groups is 1. The van der Waals surface area contributed by atoms with Crippen molar-refractivity contribution in [2.45, 2.75) is 32.9 Å². The Hall–Kier alpha value is -0.720. The van der Waals surface area contributed by atoms with E-state index >= 15 is 0 Å². The highest BCUT2D eigenvalue weighted by atomic mass is 31.2. The Morgan fingerprint density at radius 3 is 2.24 bits per heavy atom. The third-order valence-electron chi connectivity index (χ3n) is 3.12. The molecule has 0 aromatic carbocycles. The topological polar surface area (TPSA) is 82.1 Å². The summed E-state index contributed by atoms with van der Waals surface area (Å²) >= 11 is 0. The summed E-state index contributed by atoms with van der Waals surface area (Å²) in [4.78, 5) is 20.7. The molecule has 8 heteroatoms. The van der Waals surface area contributed by atoms with Crippen LogP contribution in [-0.4, -0.2) is 61.8 Å². The van der Waals surface area contributed by atoms with Crippen LogP contribution in [0.1, 0.15) is 20.8 Å². The maximum absolute atomic E-state index is 11.8. The summed E-state index contributed by atoms with van der Waals surface area (Å²) in [6, 6.07) is -0.00434. The molecule has 0 aliphatic heterocycles. The predicted molar refractivity (Wildman–Crippen MR) is 79.6 cm³/mol. The molecule has 0 aliphatic rings. The van der Waals surface area contributed by atoms with Crippen LogP contribution < -0.4 is 0 Å². The molecule has 0 rings (SSSR count). The van der Waals surface area contributed by atoms with Crippen molar-refractivity contribution in [3.05, 3.63) is 12.2 Å². The third-order valence-corrected chi connectivity index (χ3v) is 4.23. The first-order valence-electron chi connectivity index (χ1n) is 6.66. The van der Waals surface area contributed by atoms with E-state index in [9.17, 15) is 14.3 Å². The fourth-order valence-corrected chi connectivity index (χ4v) is 2.33. The summed E-state index contributed by atoms with van der Waals surface area (Å²) in [5.74, 6) is -0.570. The highest BCUT2D eigenvalue weighted by Crippen LogP contribution is 2.45. The van der Waals surface area contributed by atoms with Crippen molar-refractivity contribution in [3.63, 3.8) is 0 Å². The first-order chi connectivity index (χ1) is 9.37. The minimum atomic E-state index is -4.18. The second kappa shape index (κ2) is 8.06. The second-order valence-corrected chi connectivity index (χ2v) is 7.29. The Labute approximate surface area is 126 Å². The van der Waals surface area contributed by atoms with Crippen LogP contribution in [0.15, 0.2) is 12.2 Å². The number of hydrogen-bond donors (Lipinski definition) is 1. The van der Waals surface area contributed by atoms with Crippen LogP contribution >= 0.6 is 7.82 Å². The van der Waals surface area contributed by atoms with E-state index in [2.05, 4.69) is 6.58 Å². The van der Waals surface area contributed by atoms with Gasteiger partial charge in [0.2, 0.25) is 0 Å². The average molecular weight is 324 g/mol. The summed E-state index contributed by atoms with van der Waals surface area (Å²) in [5, 5.41) is 0. The zero-order valence-corrected chi connectivity index (χ0v) is 14.6. The number of hydrogen-bond acceptors (Lipinski definition) is 5. The van der Waals surface area contributed by atoms with Crippen LogP contribution in [-0.2, 0) is 23.1 Å². The number of carbonyl (C=O) groups is 1. The molecule has 0 amide bonds. The number of quaternary nitrogens is 1. The van der Waals surface area contributed by atoms with Crippen molar-refractivity contribution < 1.29 is 32.5 Å². The molecule has 3 atom stereocenters. The van der Waals surface area contributed by atoms with Gasteiger partial charge in [0.05, 0.1) is 27.7 Å². The molecule has 1 N–H and O–H groups in total. The highest BCUT2D eigenvalue weighted by Gasteiger charge is 2.33. The van der Waals surface area contributed by atoms with E-state index in [4.69, 9.17) is 13.8 Å². The van der Waals surface area contributed by atoms with Crippen LogP contribution in [0.25, 0.3) is 0 Å². The SMILES string of the molecule is C=C(C)C(=O)OCCOP(=O)(O)OC(C)C(C)[N+](C)(C)C. The van der Waals surface area contributed by atoms with Crippen molar-refractivity contribution in [1.29, 1.82) is 0 Å². The molecule has 0 aromatic rings. The fourth-order valence-electron chi connectivity index (χ4n) is 1.37. The Morgan fingerprint density at radius 1 is 1.29 bits per heavy atom. The molecule has 0 radical (unpaired) electrons. The number of phosphoric ester groups is 1. The Kier molecular flexibility index (Phi) is 7.78. The molecule has 124 valence electrons. The molecule has 0 fully saturated rings. The minimum absolute atomic E-state index is 0.00434. The van der Waals surface area contributed by atoms with E-state index in [-0.39, 0.29) is 24.8 Å². The number of nitrogens with zero attached hydrogens (tertiary/aromatic N) is 1. The van der Waals surface area contributed by atoms with Gasteiger partial charge in [0, 0.05) is 5.57 Å². The van der Waals surface area contributed by atoms with E-state index in [0.29, 0.717) is 4.48 Å². The lowest BCUT2D eigenvalue weighted by molar-refractivity contribution is -0.897. The Balaban J connectivity index is 4.23. The number of likely N-dealkylation sites (N-methyl/N-ethyl adjacent to an activating group) is 1. The molecule has 0 aliphatic carbocycles. The maximum atomic E-state index is 11.8. The van der Waals surface area contributed by atoms with Crippen LogP contribution in [0.3, 0.4) is 0 Å². The molecular formula is C13H27NO6P+. The van der Waals surface area contributed by atoms with E-state index in [1.54, 1.807) is 6.92 Å². The van der Waals surface area contributed by atoms with Gasteiger partial charge in [-0.15, -0.1) is 0 Å². The number of carbonyl (C=O) groups excluding carboxylic acids is 1. The number of esters is 1. The lowest BCUT2D eigenvalue weighted by Crippen LogP contribution is -2.49. The first kappa shape index (κ1) is 20.3. The number of ether oxygens (including phenoxy) is 1. The maximum Gasteiger partial charge on any atom is 0.472 e. The van der Waals surface area contributed by atoms with E-state index in [1.165, 1.54) is 6.92 Å². The summed E-state index contributed by atoms with van der Waals surface area (Å²) in [5.41, 5.74) is 0.254. The molecule has 0 bridgehead atoms. The van der Waals surface area contributed by atoms with E-state index in [0.717, 1.165) is 0 Å². The van der Waals surface area contributed by atoms with Gasteiger partial charge < -0.3 is 14.1 Å². The van der Waals surface area contributed by atoms with Gasteiger partial charge in [0.15, 0.2) is 0 Å². The standard InChI is InChI=1S/C13H26NO6P/c1-10(2)13(15)18-8-9-19-21(16,17)20-12(4)11(3)14(5,6)7/h11-12H,1,8-9H2,2-7H3/p+1. The van der Waals surface area contributed by atoms with Crippen molar-refractivity contribution >= 4 is 13.8 Å². The molecule has 0 spiro atoms. The normalized spacial score (nSPS) is 17.7. The van der Waals surface area contributed by atoms with Gasteiger partial charge in [-0.05, 0) is 20.8 Å². The first-order valence-corrected chi connectivity index (χ1v) is 8.16. The lowest BCUT2D eigenvalue weighted by atomic mass is 10.2. The molecule has 7 nitrogen and oxygen atoms in total. The smallest absolute Gasteiger partial charge is 0.460 e. The van der Waals surface area contributed by atoms with Crippen LogP contribution in [0.2, 0.25) is 0 Å². The zero-order valence-electron chi connectivity index (χ0n) is 13.7. The van der Waals surface area contributed by atoms with Crippen LogP contribution in [0.4, 0.5) is 0 Å². The summed E-state index contributed by atoms with van der Waals surface area (Å²) in [6.45, 7) is 8.19. The average Bonchev–Trinajstić information content (AvgIpc) is 2.31. The molecule has 0 saturated carbocycles. The summed E-state index contributed by atoms with van der Waals surface area (Å²) in [7, 11) is 1.71. The van der Waals surface area contributed by atoms with E-state index < -0.39 is 19.9 Å². The zero-order chi connectivity index (χ0) is 16.8. The van der Waals surface area contributed by atoms with Gasteiger partial charge in [0.1, 0.15) is 18.8 Å². The quantitative estimate of drug-likeness (QED) is 0.229. The predicted octanol–water partition coefficient (Wildman–Crippen LogP) is 1.72. The monoisotopic (exact) mass is 324 g/mol. The fraction of sp³-hybridized carbons (Fsp3) is 0.769. The van der Waals surface area contributed by atoms with E-state index in [1.807, 2.05) is 28.1 Å². The summed E-state index contributed by atoms with van der Waals surface area (Å²) in [6.07, 6.45) is -0.473. The largest absolute Gasteiger partial charge is 0.472 e. The van der Waals surface area contributed by atoms with Gasteiger partial charge in [-0.25, -0.2) is 9.36 Å². The molecular weight excluding hydrogens is 297 g/mol. The van der Waals surface area contributed by atoms with Crippen LogP contribution in [0, 0.1) is 0 Å². The molecule has 3 unspecified atom stereocenters. The van der Waals surface area contributed by atoms with Crippen molar-refractivity contribution in [1.82, 2.24) is 0 Å². The van der Waals surface area contributed by atoms with Gasteiger partial charge in [-0.2, -0.15) is 0 Å². The molecule has 0 heterocycles. The minimum Gasteiger partial charge on any atom is -0.460 e. The summed E-state index contributed by atoms with van der Waals surface area (Å²) < 4.78 is 27.0. The molecule has 0 aromatic heterocycles. The Bertz CT molecular complexity index is 417. The van der Waals surface area contributed by atoms with Gasteiger partial charge in [0.25, 0.3) is 0 Å². The highest BCUT2D eigenvalue weighted by molar-refractivity contribution is 7.47. The lowest BCUT2D eigenvalue weighted by Gasteiger charge is -2.35. The molecule has 0 saturated heterocycles. The van der Waals surface area contributed by atoms with Crippen molar-refractivity contribution in [3.8, 4) is 0 Å². The Morgan fingerprint density at radius 2 is 1.81 bits per heavy atom. The second-order valence-electron chi connectivity index (χ2n) is 5.89. The molecule has 21 heavy (non-hydrogen) atoms. The van der Waals surface area contributed by atoms with Gasteiger partial charge in [-0.1, -0.05) is 6.58 Å². The van der Waals surface area contributed by atoms with Crippen LogP contribution in [0.5, 0.6) is 0 Å². The van der Waals surface area contributed by atoms with Gasteiger partial charge >= 0.3 is 13.8 Å². The van der Waals surface area contributed by atoms with Gasteiger partial charge in [-0.3, -0.25) is 9.05 Å². The van der Waals surface area contributed by atoms with Crippen molar-refractivity contribution in [2.24, 2.45) is 0 Å². The van der Waals surface area contributed by atoms with Crippen molar-refractivity contribution in [2.75, 3.05) is 34.4 Å².